The number of aliphatic carboxylic acids is 1. The van der Waals surface area contributed by atoms with Gasteiger partial charge in [-0.05, 0) is 47.4 Å². The number of carboxylic acids is 1. The Hall–Kier alpha value is -2.82. The van der Waals surface area contributed by atoms with Crippen LogP contribution in [0.1, 0.15) is 43.2 Å². The molecule has 2 aromatic carbocycles. The molecule has 2 aliphatic carbocycles. The first kappa shape index (κ1) is 17.6. The number of hydrogen-bond acceptors (Lipinski definition) is 3. The summed E-state index contributed by atoms with van der Waals surface area (Å²) in [5.74, 6) is -0.748. The van der Waals surface area contributed by atoms with Crippen molar-refractivity contribution in [1.29, 1.82) is 0 Å². The van der Waals surface area contributed by atoms with Gasteiger partial charge >= 0.3 is 12.1 Å². The van der Waals surface area contributed by atoms with Crippen LogP contribution in [0.25, 0.3) is 11.1 Å². The van der Waals surface area contributed by atoms with Crippen molar-refractivity contribution in [3.05, 3.63) is 59.7 Å². The van der Waals surface area contributed by atoms with Crippen molar-refractivity contribution in [2.24, 2.45) is 5.92 Å². The highest BCUT2D eigenvalue weighted by atomic mass is 16.5. The molecule has 0 bridgehead atoms. The van der Waals surface area contributed by atoms with E-state index in [0.717, 1.165) is 28.7 Å². The van der Waals surface area contributed by atoms with Crippen LogP contribution in [0.4, 0.5) is 4.79 Å². The molecule has 2 unspecified atom stereocenters. The summed E-state index contributed by atoms with van der Waals surface area (Å²) < 4.78 is 5.50. The van der Waals surface area contributed by atoms with Crippen LogP contribution in [0.3, 0.4) is 0 Å². The number of rotatable bonds is 4. The van der Waals surface area contributed by atoms with Gasteiger partial charge in [-0.15, -0.1) is 0 Å². The number of hydrogen-bond donors (Lipinski definition) is 2. The number of carboxylic acid groups (broad SMARTS) is 1. The van der Waals surface area contributed by atoms with Gasteiger partial charge in [-0.2, -0.15) is 0 Å². The molecule has 2 aromatic rings. The third-order valence-electron chi connectivity index (χ3n) is 5.86. The Bertz CT molecular complexity index is 848. The molecular formula is C22H23NO4. The maximum atomic E-state index is 12.4. The summed E-state index contributed by atoms with van der Waals surface area (Å²) in [5.41, 5.74) is 3.38. The van der Waals surface area contributed by atoms with E-state index in [1.54, 1.807) is 0 Å². The van der Waals surface area contributed by atoms with Crippen molar-refractivity contribution < 1.29 is 19.4 Å². The zero-order valence-electron chi connectivity index (χ0n) is 15.3. The summed E-state index contributed by atoms with van der Waals surface area (Å²) >= 11 is 0. The number of fused-ring (bicyclic) bond motifs is 3. The monoisotopic (exact) mass is 365 g/mol. The maximum Gasteiger partial charge on any atom is 0.408 e. The third kappa shape index (κ3) is 3.07. The lowest BCUT2D eigenvalue weighted by molar-refractivity contribution is -0.144. The molecule has 2 aliphatic rings. The number of carbonyl (C=O) groups excluding carboxylic acids is 1. The molecule has 5 heteroatoms. The molecule has 5 nitrogen and oxygen atoms in total. The number of amides is 1. The summed E-state index contributed by atoms with van der Waals surface area (Å²) in [6.45, 7) is 2.19. The first-order valence-corrected chi connectivity index (χ1v) is 9.37. The molecule has 0 spiro atoms. The minimum atomic E-state index is -1.21. The smallest absolute Gasteiger partial charge is 0.408 e. The highest BCUT2D eigenvalue weighted by Crippen LogP contribution is 2.44. The second-order valence-electron chi connectivity index (χ2n) is 7.69. The zero-order valence-corrected chi connectivity index (χ0v) is 15.3. The van der Waals surface area contributed by atoms with Crippen LogP contribution in [0.2, 0.25) is 0 Å². The van der Waals surface area contributed by atoms with E-state index in [1.165, 1.54) is 0 Å². The summed E-state index contributed by atoms with van der Waals surface area (Å²) in [6.07, 6.45) is 1.00. The summed E-state index contributed by atoms with van der Waals surface area (Å²) in [7, 11) is 0. The lowest BCUT2D eigenvalue weighted by atomic mass is 9.96. The standard InChI is InChI=1S/C22H23NO4/c1-14-10-11-22(12-14,20(24)25)23-21(26)27-13-19-17-8-4-2-6-15(17)16-7-3-5-9-18(16)19/h2-9,14,19H,10-13H2,1H3,(H,23,26)(H,24,25). The fraction of sp³-hybridized carbons (Fsp3) is 0.364. The van der Waals surface area contributed by atoms with E-state index in [1.807, 2.05) is 31.2 Å². The van der Waals surface area contributed by atoms with Crippen LogP contribution >= 0.6 is 0 Å². The number of nitrogens with one attached hydrogen (secondary N) is 1. The van der Waals surface area contributed by atoms with Crippen molar-refractivity contribution in [3.63, 3.8) is 0 Å². The fourth-order valence-electron chi connectivity index (χ4n) is 4.48. The Morgan fingerprint density at radius 1 is 1.11 bits per heavy atom. The Balaban J connectivity index is 1.49. The Morgan fingerprint density at radius 2 is 1.70 bits per heavy atom. The van der Waals surface area contributed by atoms with Gasteiger partial charge < -0.3 is 15.2 Å². The molecule has 0 aromatic heterocycles. The SMILES string of the molecule is CC1CCC(NC(=O)OCC2c3ccccc3-c3ccccc32)(C(=O)O)C1. The van der Waals surface area contributed by atoms with E-state index in [2.05, 4.69) is 29.6 Å². The van der Waals surface area contributed by atoms with E-state index >= 15 is 0 Å². The van der Waals surface area contributed by atoms with Gasteiger partial charge in [-0.1, -0.05) is 55.5 Å². The quantitative estimate of drug-likeness (QED) is 0.853. The normalized spacial score (nSPS) is 23.5. The van der Waals surface area contributed by atoms with Crippen molar-refractivity contribution in [3.8, 4) is 11.1 Å². The average Bonchev–Trinajstić information content (AvgIpc) is 3.19. The molecule has 4 rings (SSSR count). The van der Waals surface area contributed by atoms with Crippen molar-refractivity contribution in [1.82, 2.24) is 5.32 Å². The molecule has 1 fully saturated rings. The van der Waals surface area contributed by atoms with E-state index in [-0.39, 0.29) is 18.4 Å². The average molecular weight is 365 g/mol. The molecule has 0 heterocycles. The highest BCUT2D eigenvalue weighted by molar-refractivity contribution is 5.85. The third-order valence-corrected chi connectivity index (χ3v) is 5.86. The minimum absolute atomic E-state index is 0.0357. The lowest BCUT2D eigenvalue weighted by Crippen LogP contribution is -2.53. The Kier molecular flexibility index (Phi) is 4.38. The predicted molar refractivity (Wildman–Crippen MR) is 102 cm³/mol. The molecule has 0 saturated heterocycles. The number of benzene rings is 2. The van der Waals surface area contributed by atoms with Gasteiger partial charge in [0.2, 0.25) is 0 Å². The summed E-state index contributed by atoms with van der Waals surface area (Å²) in [6, 6.07) is 16.2. The second kappa shape index (κ2) is 6.72. The number of alkyl carbamates (subject to hydrolysis) is 1. The van der Waals surface area contributed by atoms with Gasteiger partial charge in [0.15, 0.2) is 0 Å². The molecule has 0 radical (unpaired) electrons. The molecule has 2 N–H and O–H groups in total. The van der Waals surface area contributed by atoms with E-state index in [0.29, 0.717) is 12.8 Å². The van der Waals surface area contributed by atoms with Crippen LogP contribution < -0.4 is 5.32 Å². The number of ether oxygens (including phenoxy) is 1. The van der Waals surface area contributed by atoms with Crippen LogP contribution in [-0.2, 0) is 9.53 Å². The van der Waals surface area contributed by atoms with Gasteiger partial charge in [0.25, 0.3) is 0 Å². The first-order chi connectivity index (χ1) is 13.0. The molecule has 1 saturated carbocycles. The van der Waals surface area contributed by atoms with Gasteiger partial charge in [-0.25, -0.2) is 9.59 Å². The minimum Gasteiger partial charge on any atom is -0.480 e. The first-order valence-electron chi connectivity index (χ1n) is 9.37. The van der Waals surface area contributed by atoms with Gasteiger partial charge in [0.1, 0.15) is 12.1 Å². The topological polar surface area (TPSA) is 75.6 Å². The van der Waals surface area contributed by atoms with Crippen molar-refractivity contribution in [2.45, 2.75) is 37.6 Å². The molecule has 0 aliphatic heterocycles. The Morgan fingerprint density at radius 3 is 2.22 bits per heavy atom. The van der Waals surface area contributed by atoms with Crippen LogP contribution in [-0.4, -0.2) is 29.3 Å². The van der Waals surface area contributed by atoms with E-state index in [4.69, 9.17) is 4.74 Å². The van der Waals surface area contributed by atoms with Crippen LogP contribution in [0, 0.1) is 5.92 Å². The van der Waals surface area contributed by atoms with E-state index in [9.17, 15) is 14.7 Å². The molecular weight excluding hydrogens is 342 g/mol. The zero-order chi connectivity index (χ0) is 19.0. The highest BCUT2D eigenvalue weighted by Gasteiger charge is 2.46. The summed E-state index contributed by atoms with van der Waals surface area (Å²) in [4.78, 5) is 24.1. The molecule has 1 amide bonds. The van der Waals surface area contributed by atoms with Crippen molar-refractivity contribution >= 4 is 12.1 Å². The molecule has 27 heavy (non-hydrogen) atoms. The largest absolute Gasteiger partial charge is 0.480 e. The van der Waals surface area contributed by atoms with Gasteiger partial charge in [0.05, 0.1) is 0 Å². The van der Waals surface area contributed by atoms with Crippen LogP contribution in [0.5, 0.6) is 0 Å². The molecule has 2 atom stereocenters. The lowest BCUT2D eigenvalue weighted by Gasteiger charge is -2.25. The van der Waals surface area contributed by atoms with Crippen molar-refractivity contribution in [2.75, 3.05) is 6.61 Å². The maximum absolute atomic E-state index is 12.4. The number of carbonyl (C=O) groups is 2. The van der Waals surface area contributed by atoms with Gasteiger partial charge in [-0.3, -0.25) is 0 Å². The van der Waals surface area contributed by atoms with E-state index < -0.39 is 17.6 Å². The van der Waals surface area contributed by atoms with Crippen LogP contribution in [0.15, 0.2) is 48.5 Å². The second-order valence-corrected chi connectivity index (χ2v) is 7.69. The summed E-state index contributed by atoms with van der Waals surface area (Å²) in [5, 5.41) is 12.2. The molecule has 140 valence electrons. The fourth-order valence-corrected chi connectivity index (χ4v) is 4.48. The Labute approximate surface area is 158 Å². The van der Waals surface area contributed by atoms with Gasteiger partial charge in [0, 0.05) is 5.92 Å². The predicted octanol–water partition coefficient (Wildman–Crippen LogP) is 4.17.